The van der Waals surface area contributed by atoms with Gasteiger partial charge in [0, 0.05) is 74.8 Å². The van der Waals surface area contributed by atoms with Crippen molar-refractivity contribution in [3.63, 3.8) is 0 Å². The zero-order valence-electron chi connectivity index (χ0n) is 57.3. The summed E-state index contributed by atoms with van der Waals surface area (Å²) in [5.74, 6) is -10.3. The van der Waals surface area contributed by atoms with Gasteiger partial charge >= 0.3 is 12.5 Å². The molecule has 0 radical (unpaired) electrons. The van der Waals surface area contributed by atoms with Gasteiger partial charge in [0.15, 0.2) is 0 Å². The van der Waals surface area contributed by atoms with Gasteiger partial charge in [0.25, 0.3) is 0 Å². The molecule has 3 aliphatic rings. The predicted octanol–water partition coefficient (Wildman–Crippen LogP) is 5.68. The molecular weight excluding hydrogens is 1290 g/mol. The topological polar surface area (TPSA) is 259 Å². The molecule has 96 heavy (non-hydrogen) atoms. The number of nitrogens with zero attached hydrogens (tertiary/aromatic N) is 8. The molecule has 2 heterocycles. The number of halogens is 7. The molecule has 3 N–H and O–H groups in total. The maximum atomic E-state index is 15.1. The lowest BCUT2D eigenvalue weighted by molar-refractivity contribution is -0.275. The fraction of sp³-hybridized carbons (Fsp3) is 0.652. The SMILES string of the molecule is CC[C@H](C)[C@@H]1NC(=O)[C@H](CC(C)C)N(C)C(=O)C[C@@H](C)N(C)C(=O)[C@H](C(C)C)N(C)C(=O)C2(CCCC2)NC(=O)[C@@H]2CCCN2C(=O)[C@H](CCc2ccc(C(F)(F)F)c(Cl)c2)NC(=O)CN(C)C(=O)[C@H](Cc2ccccc2OC(F)(F)F)N(C)C(=O)CN(C)C(=O)CN(C)C1=O. The van der Waals surface area contributed by atoms with Crippen molar-refractivity contribution < 1.29 is 83.8 Å². The number of ether oxygens (including phenoxy) is 1. The molecule has 2 aromatic rings. The first kappa shape index (κ1) is 79.0. The summed E-state index contributed by atoms with van der Waals surface area (Å²) in [6.45, 7) is 9.95. The van der Waals surface area contributed by atoms with Crippen molar-refractivity contribution in [1.82, 2.24) is 55.1 Å². The van der Waals surface area contributed by atoms with Gasteiger partial charge in [-0.15, -0.1) is 13.2 Å². The molecule has 0 aromatic heterocycles. The summed E-state index contributed by atoms with van der Waals surface area (Å²) in [6.07, 6.45) is -9.31. The number of benzene rings is 2. The van der Waals surface area contributed by atoms with Gasteiger partial charge in [-0.25, -0.2) is 0 Å². The smallest absolute Gasteiger partial charge is 0.406 e. The van der Waals surface area contributed by atoms with Gasteiger partial charge in [-0.05, 0) is 98.9 Å². The van der Waals surface area contributed by atoms with Crippen LogP contribution in [0.15, 0.2) is 42.5 Å². The Hall–Kier alpha value is -7.72. The Kier molecular flexibility index (Phi) is 27.6. The maximum absolute atomic E-state index is 15.1. The number of aryl methyl sites for hydroxylation is 1. The maximum Gasteiger partial charge on any atom is 0.573 e. The van der Waals surface area contributed by atoms with E-state index < -0.39 is 180 Å². The van der Waals surface area contributed by atoms with Crippen LogP contribution in [0.2, 0.25) is 5.02 Å². The van der Waals surface area contributed by atoms with Gasteiger partial charge in [0.1, 0.15) is 47.5 Å². The first-order valence-electron chi connectivity index (χ1n) is 32.4. The van der Waals surface area contributed by atoms with Crippen LogP contribution in [0.5, 0.6) is 5.75 Å². The second kappa shape index (κ2) is 33.5. The second-order valence-electron chi connectivity index (χ2n) is 26.6. The molecule has 0 unspecified atom stereocenters. The quantitative estimate of drug-likeness (QED) is 0.230. The molecule has 11 amide bonds. The fourth-order valence-corrected chi connectivity index (χ4v) is 12.8. The summed E-state index contributed by atoms with van der Waals surface area (Å²) in [4.78, 5) is 169. The van der Waals surface area contributed by atoms with E-state index in [1.165, 1.54) is 73.0 Å². The molecule has 534 valence electrons. The largest absolute Gasteiger partial charge is 0.573 e. The molecule has 0 bridgehead atoms. The van der Waals surface area contributed by atoms with Crippen molar-refractivity contribution in [1.29, 1.82) is 0 Å². The van der Waals surface area contributed by atoms with Gasteiger partial charge in [0.2, 0.25) is 65.0 Å². The van der Waals surface area contributed by atoms with Crippen LogP contribution < -0.4 is 20.7 Å². The highest BCUT2D eigenvalue weighted by Gasteiger charge is 2.50. The Morgan fingerprint density at radius 2 is 1.27 bits per heavy atom. The van der Waals surface area contributed by atoms with E-state index in [4.69, 9.17) is 11.6 Å². The molecule has 5 rings (SSSR count). The Morgan fingerprint density at radius 3 is 1.85 bits per heavy atom. The molecule has 1 aliphatic carbocycles. The minimum absolute atomic E-state index is 0.0389. The van der Waals surface area contributed by atoms with E-state index in [1.54, 1.807) is 34.6 Å². The van der Waals surface area contributed by atoms with E-state index in [0.717, 1.165) is 58.0 Å². The second-order valence-corrected chi connectivity index (χ2v) is 27.0. The average molecular weight is 1380 g/mol. The Morgan fingerprint density at radius 1 is 0.667 bits per heavy atom. The van der Waals surface area contributed by atoms with Gasteiger partial charge < -0.3 is 59.9 Å². The van der Waals surface area contributed by atoms with Gasteiger partial charge in [-0.3, -0.25) is 52.7 Å². The molecule has 3 fully saturated rings. The van der Waals surface area contributed by atoms with Crippen molar-refractivity contribution in [3.05, 3.63) is 64.2 Å². The van der Waals surface area contributed by atoms with Crippen molar-refractivity contribution in [2.75, 3.05) is 75.5 Å². The van der Waals surface area contributed by atoms with Crippen molar-refractivity contribution in [3.8, 4) is 5.75 Å². The van der Waals surface area contributed by atoms with Gasteiger partial charge in [-0.2, -0.15) is 13.2 Å². The monoisotopic (exact) mass is 1380 g/mol. The Bertz CT molecular complexity index is 3170. The van der Waals surface area contributed by atoms with Crippen LogP contribution in [-0.2, 0) is 71.8 Å². The van der Waals surface area contributed by atoms with E-state index in [1.807, 2.05) is 13.8 Å². The first-order valence-corrected chi connectivity index (χ1v) is 32.7. The lowest BCUT2D eigenvalue weighted by Crippen LogP contribution is -2.64. The number of carbonyl (C=O) groups is 11. The first-order chi connectivity index (χ1) is 44.6. The molecule has 2 saturated heterocycles. The third-order valence-corrected chi connectivity index (χ3v) is 18.9. The van der Waals surface area contributed by atoms with Gasteiger partial charge in [-0.1, -0.05) is 96.7 Å². The zero-order chi connectivity index (χ0) is 72.2. The van der Waals surface area contributed by atoms with E-state index in [-0.39, 0.29) is 75.0 Å². The molecular formula is C66H94ClF6N11O12. The zero-order valence-corrected chi connectivity index (χ0v) is 58.0. The Balaban J connectivity index is 1.60. The van der Waals surface area contributed by atoms with Crippen molar-refractivity contribution >= 4 is 76.6 Å². The van der Waals surface area contributed by atoms with Crippen LogP contribution in [0.1, 0.15) is 129 Å². The van der Waals surface area contributed by atoms with Crippen LogP contribution in [0.3, 0.4) is 0 Å². The third kappa shape index (κ3) is 20.2. The highest BCUT2D eigenvalue weighted by molar-refractivity contribution is 6.31. The number of carbonyl (C=O) groups excluding carboxylic acids is 11. The number of likely N-dealkylation sites (N-methyl/N-ethyl adjacent to an activating group) is 7. The van der Waals surface area contributed by atoms with Crippen LogP contribution in [0.25, 0.3) is 0 Å². The third-order valence-electron chi connectivity index (χ3n) is 18.6. The standard InChI is InChI=1S/C66H94ClF6N11O12/c1-15-40(6)55-61(93)79(10)36-53(87)77(8)37-54(88)82(13)49(34-43-21-16-17-23-50(43)96-66(71,72)73)60(92)78(9)35-51(85)74-46(27-25-42-24-26-44(45(67)33-42)65(68,69)70)59(91)84-30-20-22-47(84)58(90)76-64(28-18-19-29-64)63(95)83(14)56(39(4)5)62(94)80(11)41(7)32-52(86)81(12)48(31-38(2)3)57(89)75-55/h16-17,21,23-24,26,33,38-41,46-49,55-56H,15,18-20,22,25,27-32,34-37H2,1-14H3,(H,74,85)(H,75,89)(H,76,90)/t40-,41+,46-,47-,48-,49-,55-,56-/m0/s1. The summed E-state index contributed by atoms with van der Waals surface area (Å²) in [7, 11) is 9.18. The van der Waals surface area contributed by atoms with Crippen LogP contribution >= 0.6 is 11.6 Å². The van der Waals surface area contributed by atoms with E-state index >= 15 is 9.59 Å². The number of hydrogen-bond donors (Lipinski definition) is 3. The molecule has 23 nitrogen and oxygen atoms in total. The minimum atomic E-state index is -5.21. The summed E-state index contributed by atoms with van der Waals surface area (Å²) in [5, 5.41) is 7.75. The van der Waals surface area contributed by atoms with Crippen LogP contribution in [0, 0.1) is 17.8 Å². The van der Waals surface area contributed by atoms with Crippen molar-refractivity contribution in [2.45, 2.75) is 186 Å². The number of hydrogen-bond acceptors (Lipinski definition) is 12. The summed E-state index contributed by atoms with van der Waals surface area (Å²) >= 11 is 6.09. The molecule has 30 heteroatoms. The molecule has 2 aliphatic heterocycles. The van der Waals surface area contributed by atoms with E-state index in [0.29, 0.717) is 19.3 Å². The number of alkyl halides is 6. The molecule has 1 spiro atoms. The minimum Gasteiger partial charge on any atom is -0.406 e. The van der Waals surface area contributed by atoms with E-state index in [9.17, 15) is 69.5 Å². The fourth-order valence-electron chi connectivity index (χ4n) is 12.5. The summed E-state index contributed by atoms with van der Waals surface area (Å²) in [6, 6.07) is -1.12. The van der Waals surface area contributed by atoms with Crippen LogP contribution in [-0.4, -0.2) is 234 Å². The van der Waals surface area contributed by atoms with Crippen molar-refractivity contribution in [2.24, 2.45) is 17.8 Å². The highest BCUT2D eigenvalue weighted by atomic mass is 35.5. The predicted molar refractivity (Wildman–Crippen MR) is 343 cm³/mol. The lowest BCUT2D eigenvalue weighted by Gasteiger charge is -2.41. The average Bonchev–Trinajstić information content (AvgIpc) is 1.54. The van der Waals surface area contributed by atoms with Gasteiger partial charge in [0.05, 0.1) is 30.2 Å². The number of rotatable bonds is 11. The van der Waals surface area contributed by atoms with Crippen LogP contribution in [0.4, 0.5) is 26.3 Å². The number of fused-ring (bicyclic) bond motifs is 1. The number of para-hydroxylation sites is 1. The molecule has 8 atom stereocenters. The molecule has 2 aromatic carbocycles. The number of nitrogens with one attached hydrogen (secondary N) is 3. The van der Waals surface area contributed by atoms with E-state index in [2.05, 4.69) is 20.7 Å². The normalized spacial score (nSPS) is 24.5. The summed E-state index contributed by atoms with van der Waals surface area (Å²) < 4.78 is 87.1. The molecule has 1 saturated carbocycles. The highest BCUT2D eigenvalue weighted by Crippen LogP contribution is 2.37. The number of amides is 11. The summed E-state index contributed by atoms with van der Waals surface area (Å²) in [5.41, 5.74) is -2.70. The Labute approximate surface area is 562 Å². The lowest BCUT2D eigenvalue weighted by atomic mass is 9.91.